The number of ketones is 1. The van der Waals surface area contributed by atoms with Crippen LogP contribution in [0.25, 0.3) is 10.9 Å². The van der Waals surface area contributed by atoms with Gasteiger partial charge in [0.2, 0.25) is 5.91 Å². The topological polar surface area (TPSA) is 111 Å². The number of hydrogen-bond donors (Lipinski definition) is 1. The lowest BCUT2D eigenvalue weighted by Gasteiger charge is -2.24. The average molecular weight is 401 g/mol. The van der Waals surface area contributed by atoms with E-state index in [1.54, 1.807) is 25.3 Å². The van der Waals surface area contributed by atoms with Crippen molar-refractivity contribution in [2.45, 2.75) is 38.4 Å². The van der Waals surface area contributed by atoms with E-state index in [0.29, 0.717) is 36.3 Å². The molecule has 1 saturated heterocycles. The third-order valence-electron chi connectivity index (χ3n) is 5.57. The van der Waals surface area contributed by atoms with Crippen molar-refractivity contribution in [2.24, 2.45) is 5.92 Å². The first kappa shape index (κ1) is 19.4. The minimum atomic E-state index is -0.974. The molecule has 3 unspecified atom stereocenters. The largest absolute Gasteiger partial charge is 0.491 e. The highest BCUT2D eigenvalue weighted by Crippen LogP contribution is 2.48. The number of benzene rings is 1. The lowest BCUT2D eigenvalue weighted by molar-refractivity contribution is -0.149. The number of aliphatic carboxylic acids is 1. The summed E-state index contributed by atoms with van der Waals surface area (Å²) < 4.78 is 12.0. The van der Waals surface area contributed by atoms with Crippen LogP contribution >= 0.6 is 0 Å². The molecule has 1 saturated carbocycles. The number of aromatic nitrogens is 2. The predicted molar refractivity (Wildman–Crippen MR) is 102 cm³/mol. The molecule has 0 radical (unpaired) electrons. The number of likely N-dealkylation sites (tertiary alicyclic amines) is 1. The van der Waals surface area contributed by atoms with Gasteiger partial charge in [0, 0.05) is 25.5 Å². The Balaban J connectivity index is 1.61. The third kappa shape index (κ3) is 3.57. The first-order valence-electron chi connectivity index (χ1n) is 9.58. The number of rotatable bonds is 8. The summed E-state index contributed by atoms with van der Waals surface area (Å²) in [6.07, 6.45) is 1.36. The normalized spacial score (nSPS) is 22.6. The minimum absolute atomic E-state index is 0.0125. The number of piperidine rings is 1. The molecule has 1 aromatic heterocycles. The molecule has 1 N–H and O–H groups in total. The number of carbonyl (C=O) groups excluding carboxylic acids is 2. The predicted octanol–water partition coefficient (Wildman–Crippen LogP) is 1.34. The molecule has 2 aliphatic rings. The maximum atomic E-state index is 12.9. The van der Waals surface area contributed by atoms with E-state index < -0.39 is 12.0 Å². The van der Waals surface area contributed by atoms with Crippen LogP contribution in [0.15, 0.2) is 18.2 Å². The number of Topliss-reactive ketones (excluding diaryl/α,β-unsaturated/α-hetero) is 1. The Hall–Kier alpha value is -2.94. The van der Waals surface area contributed by atoms with Crippen molar-refractivity contribution < 1.29 is 29.0 Å². The molecule has 1 amide bonds. The quantitative estimate of drug-likeness (QED) is 0.525. The number of amides is 1. The van der Waals surface area contributed by atoms with Crippen molar-refractivity contribution in [2.75, 3.05) is 20.3 Å². The molecule has 1 aromatic carbocycles. The summed E-state index contributed by atoms with van der Waals surface area (Å²) in [5, 5.41) is 14.4. The second-order valence-electron chi connectivity index (χ2n) is 7.54. The molecule has 2 heterocycles. The van der Waals surface area contributed by atoms with Crippen LogP contribution in [0.1, 0.15) is 30.3 Å². The maximum Gasteiger partial charge on any atom is 0.326 e. The number of nitrogens with zero attached hydrogens (tertiary/aromatic N) is 3. The third-order valence-corrected chi connectivity index (χ3v) is 5.57. The Kier molecular flexibility index (Phi) is 4.99. The van der Waals surface area contributed by atoms with Crippen LogP contribution in [0.3, 0.4) is 0 Å². The first-order valence-corrected chi connectivity index (χ1v) is 9.58. The van der Waals surface area contributed by atoms with Crippen LogP contribution in [0, 0.1) is 5.92 Å². The van der Waals surface area contributed by atoms with Gasteiger partial charge in [-0.15, -0.1) is 0 Å². The number of carboxylic acids is 1. The van der Waals surface area contributed by atoms with E-state index in [1.807, 2.05) is 0 Å². The van der Waals surface area contributed by atoms with Gasteiger partial charge in [-0.25, -0.2) is 4.79 Å². The summed E-state index contributed by atoms with van der Waals surface area (Å²) in [6, 6.07) is 4.46. The number of ether oxygens (including phenoxy) is 2. The van der Waals surface area contributed by atoms with Gasteiger partial charge < -0.3 is 19.5 Å². The minimum Gasteiger partial charge on any atom is -0.491 e. The molecular formula is C20H23N3O6. The van der Waals surface area contributed by atoms with Crippen molar-refractivity contribution in [1.82, 2.24) is 14.7 Å². The van der Waals surface area contributed by atoms with E-state index in [4.69, 9.17) is 9.47 Å². The summed E-state index contributed by atoms with van der Waals surface area (Å²) in [6.45, 7) is 2.12. The fraction of sp³-hybridized carbons (Fsp3) is 0.500. The first-order chi connectivity index (χ1) is 13.9. The summed E-state index contributed by atoms with van der Waals surface area (Å²) >= 11 is 0. The number of carbonyl (C=O) groups is 3. The van der Waals surface area contributed by atoms with Crippen LogP contribution in [0.2, 0.25) is 0 Å². The van der Waals surface area contributed by atoms with E-state index in [2.05, 4.69) is 5.10 Å². The molecule has 9 nitrogen and oxygen atoms in total. The molecule has 2 fully saturated rings. The van der Waals surface area contributed by atoms with Gasteiger partial charge in [0.15, 0.2) is 5.78 Å². The molecule has 0 spiro atoms. The summed E-state index contributed by atoms with van der Waals surface area (Å²) in [5.74, 6) is -0.620. The van der Waals surface area contributed by atoms with Gasteiger partial charge in [0.1, 0.15) is 30.6 Å². The second kappa shape index (κ2) is 7.47. The standard InChI is InChI=1S/C20H23N3O6/c1-11(24)19-14-9-13(29-6-5-28-2)3-4-15(14)22(21-19)10-18(25)23-16-7-12(16)8-17(23)20(26)27/h3-4,9,12,16-17H,5-8,10H2,1-2H3,(H,26,27). The summed E-state index contributed by atoms with van der Waals surface area (Å²) in [7, 11) is 1.58. The molecule has 3 atom stereocenters. The van der Waals surface area contributed by atoms with Gasteiger partial charge in [-0.2, -0.15) is 5.10 Å². The SMILES string of the molecule is COCCOc1ccc2c(c1)c(C(C)=O)nn2CC(=O)N1C(C(=O)O)CC2CC21. The maximum absolute atomic E-state index is 12.9. The Morgan fingerprint density at radius 2 is 2.03 bits per heavy atom. The molecule has 29 heavy (non-hydrogen) atoms. The van der Waals surface area contributed by atoms with E-state index >= 15 is 0 Å². The number of carboxylic acid groups (broad SMARTS) is 1. The van der Waals surface area contributed by atoms with Crippen LogP contribution in [0.4, 0.5) is 0 Å². The van der Waals surface area contributed by atoms with Crippen LogP contribution < -0.4 is 4.74 Å². The second-order valence-corrected chi connectivity index (χ2v) is 7.54. The number of hydrogen-bond acceptors (Lipinski definition) is 6. The number of fused-ring (bicyclic) bond motifs is 2. The van der Waals surface area contributed by atoms with Crippen molar-refractivity contribution in [3.05, 3.63) is 23.9 Å². The zero-order chi connectivity index (χ0) is 20.7. The molecule has 2 aromatic rings. The fourth-order valence-electron chi connectivity index (χ4n) is 4.12. The van der Waals surface area contributed by atoms with Gasteiger partial charge in [0.25, 0.3) is 0 Å². The van der Waals surface area contributed by atoms with Crippen LogP contribution in [-0.2, 0) is 20.9 Å². The van der Waals surface area contributed by atoms with Crippen molar-refractivity contribution in [1.29, 1.82) is 0 Å². The summed E-state index contributed by atoms with van der Waals surface area (Å²) in [5.41, 5.74) is 0.881. The van der Waals surface area contributed by atoms with Gasteiger partial charge in [-0.05, 0) is 37.0 Å². The average Bonchev–Trinajstić information content (AvgIpc) is 3.18. The molecule has 154 valence electrons. The zero-order valence-corrected chi connectivity index (χ0v) is 16.3. The van der Waals surface area contributed by atoms with Crippen LogP contribution in [-0.4, -0.2) is 69.9 Å². The Morgan fingerprint density at radius 1 is 1.24 bits per heavy atom. The van der Waals surface area contributed by atoms with E-state index in [9.17, 15) is 19.5 Å². The molecule has 9 heteroatoms. The highest BCUT2D eigenvalue weighted by atomic mass is 16.5. The van der Waals surface area contributed by atoms with E-state index in [1.165, 1.54) is 16.5 Å². The van der Waals surface area contributed by atoms with Gasteiger partial charge in [-0.3, -0.25) is 14.3 Å². The molecule has 1 aliphatic carbocycles. The van der Waals surface area contributed by atoms with E-state index in [-0.39, 0.29) is 35.9 Å². The van der Waals surface area contributed by atoms with Crippen molar-refractivity contribution in [3.8, 4) is 5.75 Å². The van der Waals surface area contributed by atoms with Gasteiger partial charge in [-0.1, -0.05) is 0 Å². The Morgan fingerprint density at radius 3 is 2.72 bits per heavy atom. The van der Waals surface area contributed by atoms with Crippen molar-refractivity contribution >= 4 is 28.6 Å². The Labute approximate surface area is 167 Å². The molecule has 4 rings (SSSR count). The van der Waals surface area contributed by atoms with Crippen LogP contribution in [0.5, 0.6) is 5.75 Å². The van der Waals surface area contributed by atoms with Gasteiger partial charge in [0.05, 0.1) is 12.1 Å². The molecule has 1 aliphatic heterocycles. The zero-order valence-electron chi connectivity index (χ0n) is 16.3. The number of methoxy groups -OCH3 is 1. The van der Waals surface area contributed by atoms with E-state index in [0.717, 1.165) is 6.42 Å². The fourth-order valence-corrected chi connectivity index (χ4v) is 4.12. The lowest BCUT2D eigenvalue weighted by Crippen LogP contribution is -2.44. The highest BCUT2D eigenvalue weighted by molar-refractivity contribution is 6.05. The van der Waals surface area contributed by atoms with Gasteiger partial charge >= 0.3 is 5.97 Å². The highest BCUT2D eigenvalue weighted by Gasteiger charge is 2.56. The molecular weight excluding hydrogens is 378 g/mol. The monoisotopic (exact) mass is 401 g/mol. The lowest BCUT2D eigenvalue weighted by atomic mass is 10.1. The Bertz CT molecular complexity index is 984. The smallest absolute Gasteiger partial charge is 0.326 e. The molecule has 0 bridgehead atoms. The van der Waals surface area contributed by atoms with Crippen molar-refractivity contribution in [3.63, 3.8) is 0 Å². The summed E-state index contributed by atoms with van der Waals surface area (Å²) in [4.78, 5) is 38.0.